The van der Waals surface area contributed by atoms with Crippen LogP contribution in [0.1, 0.15) is 17.3 Å². The summed E-state index contributed by atoms with van der Waals surface area (Å²) in [6, 6.07) is 7.66. The Balaban J connectivity index is 1.93. The Bertz CT molecular complexity index is 547. The molecule has 2 aromatic rings. The van der Waals surface area contributed by atoms with E-state index < -0.39 is 6.10 Å². The Morgan fingerprint density at radius 1 is 1.32 bits per heavy atom. The van der Waals surface area contributed by atoms with Crippen molar-refractivity contribution in [2.45, 2.75) is 26.1 Å². The van der Waals surface area contributed by atoms with Gasteiger partial charge in [0, 0.05) is 6.54 Å². The lowest BCUT2D eigenvalue weighted by atomic mass is 10.3. The smallest absolute Gasteiger partial charge is 0.118 e. The molecular formula is C17H23NO4. The summed E-state index contributed by atoms with van der Waals surface area (Å²) < 4.78 is 16.3. The van der Waals surface area contributed by atoms with Crippen LogP contribution in [-0.4, -0.2) is 35.9 Å². The first-order valence-corrected chi connectivity index (χ1v) is 7.34. The van der Waals surface area contributed by atoms with Crippen LogP contribution in [0.3, 0.4) is 0 Å². The maximum absolute atomic E-state index is 10.1. The fourth-order valence-electron chi connectivity index (χ4n) is 2.24. The van der Waals surface area contributed by atoms with E-state index in [2.05, 4.69) is 11.5 Å². The average molecular weight is 305 g/mol. The maximum Gasteiger partial charge on any atom is 0.118 e. The highest BCUT2D eigenvalue weighted by atomic mass is 16.5. The lowest BCUT2D eigenvalue weighted by Crippen LogP contribution is -2.34. The molecule has 2 heterocycles. The molecule has 22 heavy (non-hydrogen) atoms. The van der Waals surface area contributed by atoms with E-state index in [9.17, 15) is 5.11 Å². The zero-order valence-corrected chi connectivity index (χ0v) is 12.9. The number of ether oxygens (including phenoxy) is 1. The number of hydrogen-bond acceptors (Lipinski definition) is 5. The lowest BCUT2D eigenvalue weighted by Gasteiger charge is -2.23. The van der Waals surface area contributed by atoms with Crippen molar-refractivity contribution in [3.8, 4) is 0 Å². The van der Waals surface area contributed by atoms with Gasteiger partial charge in [0.2, 0.25) is 0 Å². The number of rotatable bonds is 10. The second-order valence-corrected chi connectivity index (χ2v) is 5.24. The summed E-state index contributed by atoms with van der Waals surface area (Å²) in [4.78, 5) is 2.07. The molecule has 1 atom stereocenters. The molecule has 0 bridgehead atoms. The zero-order chi connectivity index (χ0) is 15.8. The van der Waals surface area contributed by atoms with Crippen LogP contribution in [0.15, 0.2) is 52.0 Å². The Hall–Kier alpha value is -1.82. The van der Waals surface area contributed by atoms with Crippen molar-refractivity contribution in [3.05, 3.63) is 60.5 Å². The van der Waals surface area contributed by atoms with Crippen LogP contribution in [0, 0.1) is 6.92 Å². The lowest BCUT2D eigenvalue weighted by molar-refractivity contribution is 0.0202. The molecule has 0 fully saturated rings. The van der Waals surface area contributed by atoms with Gasteiger partial charge in [0.1, 0.15) is 17.3 Å². The first-order chi connectivity index (χ1) is 10.7. The first kappa shape index (κ1) is 16.5. The van der Waals surface area contributed by atoms with Crippen LogP contribution in [0.4, 0.5) is 0 Å². The van der Waals surface area contributed by atoms with Gasteiger partial charge in [-0.25, -0.2) is 0 Å². The van der Waals surface area contributed by atoms with Gasteiger partial charge in [-0.2, -0.15) is 0 Å². The minimum Gasteiger partial charge on any atom is -0.468 e. The van der Waals surface area contributed by atoms with Crippen molar-refractivity contribution < 1.29 is 18.7 Å². The highest BCUT2D eigenvalue weighted by Crippen LogP contribution is 2.13. The zero-order valence-electron chi connectivity index (χ0n) is 12.9. The number of nitrogens with zero attached hydrogens (tertiary/aromatic N) is 1. The molecule has 0 radical (unpaired) electrons. The molecule has 1 N–H and O–H groups in total. The Morgan fingerprint density at radius 3 is 2.77 bits per heavy atom. The monoisotopic (exact) mass is 305 g/mol. The quantitative estimate of drug-likeness (QED) is 0.540. The molecule has 0 aliphatic carbocycles. The predicted octanol–water partition coefficient (Wildman–Crippen LogP) is 2.75. The summed E-state index contributed by atoms with van der Waals surface area (Å²) in [5.74, 6) is 2.59. The second kappa shape index (κ2) is 8.58. The van der Waals surface area contributed by atoms with E-state index in [0.717, 1.165) is 17.3 Å². The maximum atomic E-state index is 10.1. The normalized spacial score (nSPS) is 12.7. The molecule has 0 saturated carbocycles. The summed E-state index contributed by atoms with van der Waals surface area (Å²) in [5.41, 5.74) is 0. The van der Waals surface area contributed by atoms with Gasteiger partial charge >= 0.3 is 0 Å². The standard InChI is InChI=1S/C17H23NO4/c1-3-8-20-13-15(19)10-18(11-16-5-4-9-21-16)12-17-7-6-14(2)22-17/h3-7,9,15,19H,1,8,10-13H2,2H3. The molecule has 0 spiro atoms. The summed E-state index contributed by atoms with van der Waals surface area (Å²) in [6.07, 6.45) is 2.73. The Labute approximate surface area is 130 Å². The number of aliphatic hydroxyl groups is 1. The van der Waals surface area contributed by atoms with Gasteiger partial charge in [-0.15, -0.1) is 6.58 Å². The third kappa shape index (κ3) is 5.52. The van der Waals surface area contributed by atoms with Crippen molar-refractivity contribution in [1.29, 1.82) is 0 Å². The van der Waals surface area contributed by atoms with Gasteiger partial charge in [-0.1, -0.05) is 6.08 Å². The third-order valence-electron chi connectivity index (χ3n) is 3.15. The molecular weight excluding hydrogens is 282 g/mol. The highest BCUT2D eigenvalue weighted by Gasteiger charge is 2.15. The largest absolute Gasteiger partial charge is 0.468 e. The van der Waals surface area contributed by atoms with Crippen molar-refractivity contribution >= 4 is 0 Å². The SMILES string of the molecule is C=CCOCC(O)CN(Cc1ccco1)Cc1ccc(C)o1. The summed E-state index contributed by atoms with van der Waals surface area (Å²) in [5, 5.41) is 10.1. The number of aryl methyl sites for hydroxylation is 1. The second-order valence-electron chi connectivity index (χ2n) is 5.24. The minimum absolute atomic E-state index is 0.276. The van der Waals surface area contributed by atoms with Crippen LogP contribution in [0.5, 0.6) is 0 Å². The van der Waals surface area contributed by atoms with Crippen LogP contribution in [0.25, 0.3) is 0 Å². The molecule has 1 unspecified atom stereocenters. The predicted molar refractivity (Wildman–Crippen MR) is 83.3 cm³/mol. The molecule has 0 saturated heterocycles. The van der Waals surface area contributed by atoms with E-state index in [-0.39, 0.29) is 6.61 Å². The van der Waals surface area contributed by atoms with Gasteiger partial charge < -0.3 is 18.7 Å². The van der Waals surface area contributed by atoms with E-state index in [1.54, 1.807) is 12.3 Å². The first-order valence-electron chi connectivity index (χ1n) is 7.34. The average Bonchev–Trinajstić information content (AvgIpc) is 3.11. The molecule has 5 heteroatoms. The third-order valence-corrected chi connectivity index (χ3v) is 3.15. The molecule has 0 aliphatic heterocycles. The van der Waals surface area contributed by atoms with Gasteiger partial charge in [-0.05, 0) is 31.2 Å². The van der Waals surface area contributed by atoms with E-state index >= 15 is 0 Å². The fraction of sp³-hybridized carbons (Fsp3) is 0.412. The van der Waals surface area contributed by atoms with Crippen molar-refractivity contribution in [2.75, 3.05) is 19.8 Å². The van der Waals surface area contributed by atoms with Gasteiger partial charge in [-0.3, -0.25) is 4.90 Å². The molecule has 5 nitrogen and oxygen atoms in total. The molecule has 2 aromatic heterocycles. The number of aliphatic hydroxyl groups excluding tert-OH is 1. The van der Waals surface area contributed by atoms with Gasteiger partial charge in [0.25, 0.3) is 0 Å². The van der Waals surface area contributed by atoms with Crippen LogP contribution < -0.4 is 0 Å². The van der Waals surface area contributed by atoms with Crippen LogP contribution >= 0.6 is 0 Å². The van der Waals surface area contributed by atoms with E-state index in [0.29, 0.717) is 26.2 Å². The molecule has 2 rings (SSSR count). The highest BCUT2D eigenvalue weighted by molar-refractivity contribution is 5.06. The van der Waals surface area contributed by atoms with Gasteiger partial charge in [0.15, 0.2) is 0 Å². The minimum atomic E-state index is -0.578. The number of furan rings is 2. The summed E-state index contributed by atoms with van der Waals surface area (Å²) in [6.45, 7) is 7.89. The van der Waals surface area contributed by atoms with E-state index in [1.165, 1.54) is 0 Å². The van der Waals surface area contributed by atoms with E-state index in [4.69, 9.17) is 13.6 Å². The molecule has 120 valence electrons. The topological polar surface area (TPSA) is 59.0 Å². The fourth-order valence-corrected chi connectivity index (χ4v) is 2.24. The van der Waals surface area contributed by atoms with Crippen molar-refractivity contribution in [3.63, 3.8) is 0 Å². The summed E-state index contributed by atoms with van der Waals surface area (Å²) in [7, 11) is 0. The molecule has 0 aromatic carbocycles. The Morgan fingerprint density at radius 2 is 2.14 bits per heavy atom. The van der Waals surface area contributed by atoms with Gasteiger partial charge in [0.05, 0.1) is 38.7 Å². The molecule has 0 amide bonds. The van der Waals surface area contributed by atoms with Crippen molar-refractivity contribution in [2.24, 2.45) is 0 Å². The Kier molecular flexibility index (Phi) is 6.45. The van der Waals surface area contributed by atoms with E-state index in [1.807, 2.05) is 31.2 Å². The van der Waals surface area contributed by atoms with Crippen LogP contribution in [-0.2, 0) is 17.8 Å². The number of hydrogen-bond donors (Lipinski definition) is 1. The van der Waals surface area contributed by atoms with Crippen molar-refractivity contribution in [1.82, 2.24) is 4.90 Å². The summed E-state index contributed by atoms with van der Waals surface area (Å²) >= 11 is 0. The molecule has 0 aliphatic rings. The van der Waals surface area contributed by atoms with Crippen LogP contribution in [0.2, 0.25) is 0 Å².